The van der Waals surface area contributed by atoms with Crippen LogP contribution < -0.4 is 5.32 Å². The molecule has 1 amide bonds. The van der Waals surface area contributed by atoms with Crippen molar-refractivity contribution in [3.05, 3.63) is 51.4 Å². The third-order valence-electron chi connectivity index (χ3n) is 3.66. The number of aryl methyl sites for hydroxylation is 2. The Morgan fingerprint density at radius 3 is 2.62 bits per heavy atom. The first kappa shape index (κ1) is 18.1. The van der Waals surface area contributed by atoms with E-state index in [0.717, 1.165) is 28.6 Å². The molecule has 24 heavy (non-hydrogen) atoms. The molecule has 0 bridgehead atoms. The van der Waals surface area contributed by atoms with E-state index < -0.39 is 17.6 Å². The number of ether oxygens (including phenoxy) is 1. The third kappa shape index (κ3) is 3.97. The number of benzene rings is 1. The Hall–Kier alpha value is -2.28. The minimum Gasteiger partial charge on any atom is -0.465 e. The van der Waals surface area contributed by atoms with Gasteiger partial charge in [-0.25, -0.2) is 13.6 Å². The first-order valence-electron chi connectivity index (χ1n) is 7.25. The molecule has 0 saturated heterocycles. The highest BCUT2D eigenvalue weighted by molar-refractivity contribution is 7.16. The number of anilines is 1. The van der Waals surface area contributed by atoms with E-state index in [1.54, 1.807) is 6.92 Å². The zero-order valence-electron chi connectivity index (χ0n) is 13.5. The molecule has 1 aromatic carbocycles. The number of hydrogen-bond donors (Lipinski definition) is 1. The highest BCUT2D eigenvalue weighted by atomic mass is 32.1. The summed E-state index contributed by atoms with van der Waals surface area (Å²) in [5.41, 5.74) is 1.21. The topological polar surface area (TPSA) is 55.4 Å². The van der Waals surface area contributed by atoms with Crippen molar-refractivity contribution in [2.24, 2.45) is 0 Å². The van der Waals surface area contributed by atoms with E-state index >= 15 is 0 Å². The SMILES string of the molecule is COC(=O)c1c(NC(=O)CCc2cc(F)ccc2F)sc(C)c1C. The number of halogens is 2. The lowest BCUT2D eigenvalue weighted by Crippen LogP contribution is -2.15. The maximum atomic E-state index is 13.6. The number of nitrogens with one attached hydrogen (secondary N) is 1. The van der Waals surface area contributed by atoms with Gasteiger partial charge in [-0.2, -0.15) is 0 Å². The third-order valence-corrected chi connectivity index (χ3v) is 4.78. The van der Waals surface area contributed by atoms with Crippen LogP contribution in [0.2, 0.25) is 0 Å². The van der Waals surface area contributed by atoms with Gasteiger partial charge in [0, 0.05) is 11.3 Å². The Morgan fingerprint density at radius 1 is 1.25 bits per heavy atom. The number of rotatable bonds is 5. The van der Waals surface area contributed by atoms with E-state index in [1.807, 2.05) is 6.92 Å². The monoisotopic (exact) mass is 353 g/mol. The van der Waals surface area contributed by atoms with Crippen molar-refractivity contribution in [1.82, 2.24) is 0 Å². The van der Waals surface area contributed by atoms with Crippen LogP contribution in [-0.4, -0.2) is 19.0 Å². The Labute approximate surface area is 142 Å². The van der Waals surface area contributed by atoms with E-state index in [2.05, 4.69) is 5.32 Å². The minimum absolute atomic E-state index is 0.0308. The van der Waals surface area contributed by atoms with Crippen molar-refractivity contribution < 1.29 is 23.1 Å². The van der Waals surface area contributed by atoms with Crippen LogP contribution in [0.3, 0.4) is 0 Å². The summed E-state index contributed by atoms with van der Waals surface area (Å²) in [6, 6.07) is 3.13. The average molecular weight is 353 g/mol. The summed E-state index contributed by atoms with van der Waals surface area (Å²) in [6.07, 6.45) is 0.0311. The van der Waals surface area contributed by atoms with Crippen LogP contribution in [0, 0.1) is 25.5 Å². The Bertz CT molecular complexity index is 786. The number of methoxy groups -OCH3 is 1. The highest BCUT2D eigenvalue weighted by Gasteiger charge is 2.21. The summed E-state index contributed by atoms with van der Waals surface area (Å²) in [5.74, 6) is -2.01. The summed E-state index contributed by atoms with van der Waals surface area (Å²) in [6.45, 7) is 3.61. The van der Waals surface area contributed by atoms with Crippen molar-refractivity contribution in [1.29, 1.82) is 0 Å². The summed E-state index contributed by atoms with van der Waals surface area (Å²) < 4.78 is 31.4. The quantitative estimate of drug-likeness (QED) is 0.827. The van der Waals surface area contributed by atoms with E-state index in [1.165, 1.54) is 18.4 Å². The second-order valence-corrected chi connectivity index (χ2v) is 6.49. The van der Waals surface area contributed by atoms with Crippen LogP contribution in [0.4, 0.5) is 13.8 Å². The fourth-order valence-electron chi connectivity index (χ4n) is 2.24. The molecule has 128 valence electrons. The molecule has 0 saturated carbocycles. The molecule has 1 N–H and O–H groups in total. The van der Waals surface area contributed by atoms with E-state index in [9.17, 15) is 18.4 Å². The molecule has 0 unspecified atom stereocenters. The van der Waals surface area contributed by atoms with Crippen molar-refractivity contribution in [2.45, 2.75) is 26.7 Å². The van der Waals surface area contributed by atoms with Crippen LogP contribution in [0.1, 0.15) is 32.8 Å². The van der Waals surface area contributed by atoms with Crippen LogP contribution in [0.15, 0.2) is 18.2 Å². The molecule has 0 fully saturated rings. The van der Waals surface area contributed by atoms with Crippen molar-refractivity contribution in [2.75, 3.05) is 12.4 Å². The predicted molar refractivity (Wildman–Crippen MR) is 88.4 cm³/mol. The normalized spacial score (nSPS) is 10.5. The highest BCUT2D eigenvalue weighted by Crippen LogP contribution is 2.33. The lowest BCUT2D eigenvalue weighted by molar-refractivity contribution is -0.116. The Kier molecular flexibility index (Phi) is 5.66. The van der Waals surface area contributed by atoms with Crippen molar-refractivity contribution in [3.8, 4) is 0 Å². The zero-order valence-corrected chi connectivity index (χ0v) is 14.4. The predicted octanol–water partition coefficient (Wildman–Crippen LogP) is 4.00. The van der Waals surface area contributed by atoms with Gasteiger partial charge in [-0.3, -0.25) is 4.79 Å². The number of carbonyl (C=O) groups excluding carboxylic acids is 2. The van der Waals surface area contributed by atoms with Gasteiger partial charge in [0.2, 0.25) is 5.91 Å². The van der Waals surface area contributed by atoms with Crippen LogP contribution in [-0.2, 0) is 16.0 Å². The van der Waals surface area contributed by atoms with Gasteiger partial charge in [0.15, 0.2) is 0 Å². The lowest BCUT2D eigenvalue weighted by atomic mass is 10.1. The molecule has 7 heteroatoms. The van der Waals surface area contributed by atoms with Gasteiger partial charge in [0.25, 0.3) is 0 Å². The molecule has 0 radical (unpaired) electrons. The van der Waals surface area contributed by atoms with Gasteiger partial charge in [0.1, 0.15) is 16.6 Å². The number of esters is 1. The number of hydrogen-bond acceptors (Lipinski definition) is 4. The minimum atomic E-state index is -0.553. The van der Waals surface area contributed by atoms with E-state index in [-0.39, 0.29) is 24.3 Å². The lowest BCUT2D eigenvalue weighted by Gasteiger charge is -2.07. The molecular weight excluding hydrogens is 336 g/mol. The maximum Gasteiger partial charge on any atom is 0.341 e. The van der Waals surface area contributed by atoms with Gasteiger partial charge in [0.05, 0.1) is 12.7 Å². The fourth-order valence-corrected chi connectivity index (χ4v) is 3.30. The van der Waals surface area contributed by atoms with Gasteiger partial charge in [-0.1, -0.05) is 0 Å². The van der Waals surface area contributed by atoms with Crippen molar-refractivity contribution >= 4 is 28.2 Å². The molecule has 2 rings (SSSR count). The summed E-state index contributed by atoms with van der Waals surface area (Å²) in [5, 5.41) is 3.06. The maximum absolute atomic E-state index is 13.6. The number of thiophene rings is 1. The number of amides is 1. The standard InChI is InChI=1S/C17H17F2NO3S/c1-9-10(2)24-16(15(9)17(22)23-3)20-14(21)7-4-11-8-12(18)5-6-13(11)19/h5-6,8H,4,7H2,1-3H3,(H,20,21). The second kappa shape index (κ2) is 7.53. The molecule has 0 atom stereocenters. The molecule has 1 aromatic heterocycles. The fraction of sp³-hybridized carbons (Fsp3) is 0.294. The molecule has 0 aliphatic carbocycles. The summed E-state index contributed by atoms with van der Waals surface area (Å²) in [4.78, 5) is 24.8. The molecular formula is C17H17F2NO3S. The molecule has 4 nitrogen and oxygen atoms in total. The van der Waals surface area contributed by atoms with Crippen LogP contribution >= 0.6 is 11.3 Å². The molecule has 0 spiro atoms. The Morgan fingerprint density at radius 2 is 1.96 bits per heavy atom. The molecule has 0 aliphatic heterocycles. The molecule has 0 aliphatic rings. The smallest absolute Gasteiger partial charge is 0.341 e. The van der Waals surface area contributed by atoms with Crippen molar-refractivity contribution in [3.63, 3.8) is 0 Å². The average Bonchev–Trinajstić information content (AvgIpc) is 2.81. The van der Waals surface area contributed by atoms with E-state index in [4.69, 9.17) is 4.74 Å². The van der Waals surface area contributed by atoms with Crippen LogP contribution in [0.5, 0.6) is 0 Å². The second-order valence-electron chi connectivity index (χ2n) is 5.26. The largest absolute Gasteiger partial charge is 0.465 e. The first-order chi connectivity index (χ1) is 11.3. The van der Waals surface area contributed by atoms with Crippen LogP contribution in [0.25, 0.3) is 0 Å². The Balaban J connectivity index is 2.09. The zero-order chi connectivity index (χ0) is 17.9. The van der Waals surface area contributed by atoms with E-state index in [0.29, 0.717) is 10.6 Å². The molecule has 1 heterocycles. The number of carbonyl (C=O) groups is 2. The van der Waals surface area contributed by atoms with Gasteiger partial charge in [-0.15, -0.1) is 11.3 Å². The summed E-state index contributed by atoms with van der Waals surface area (Å²) >= 11 is 1.27. The van der Waals surface area contributed by atoms with Gasteiger partial charge >= 0.3 is 5.97 Å². The first-order valence-corrected chi connectivity index (χ1v) is 8.07. The summed E-state index contributed by atoms with van der Waals surface area (Å²) in [7, 11) is 1.27. The van der Waals surface area contributed by atoms with Gasteiger partial charge < -0.3 is 10.1 Å². The van der Waals surface area contributed by atoms with Gasteiger partial charge in [-0.05, 0) is 49.6 Å². The molecule has 2 aromatic rings.